The summed E-state index contributed by atoms with van der Waals surface area (Å²) in [6.45, 7) is 11.1. The van der Waals surface area contributed by atoms with Crippen LogP contribution < -0.4 is 0 Å². The van der Waals surface area contributed by atoms with Crippen LogP contribution in [-0.4, -0.2) is 22.1 Å². The Kier molecular flexibility index (Phi) is 8.01. The van der Waals surface area contributed by atoms with E-state index in [-0.39, 0.29) is 17.5 Å². The van der Waals surface area contributed by atoms with Gasteiger partial charge in [0.2, 0.25) is 0 Å². The number of hydrogen-bond donors (Lipinski definition) is 0. The molecule has 0 aromatic heterocycles. The van der Waals surface area contributed by atoms with Crippen LogP contribution in [0.4, 0.5) is 0 Å². The lowest BCUT2D eigenvalue weighted by Gasteiger charge is -2.33. The van der Waals surface area contributed by atoms with Crippen LogP contribution in [0.25, 0.3) is 6.08 Å². The summed E-state index contributed by atoms with van der Waals surface area (Å²) in [5.74, 6) is 5.76. The molecule has 0 saturated heterocycles. The zero-order valence-electron chi connectivity index (χ0n) is 18.2. The van der Waals surface area contributed by atoms with E-state index in [0.717, 1.165) is 11.1 Å². The van der Waals surface area contributed by atoms with Crippen LogP contribution in [0.1, 0.15) is 53.9 Å². The highest BCUT2D eigenvalue weighted by Gasteiger charge is 2.27. The minimum atomic E-state index is -1.13. The third-order valence-corrected chi connectivity index (χ3v) is 5.13. The van der Waals surface area contributed by atoms with Crippen molar-refractivity contribution < 1.29 is 14.0 Å². The maximum absolute atomic E-state index is 11.4. The molecule has 3 nitrogen and oxygen atoms in total. The molecule has 0 aliphatic heterocycles. The van der Waals surface area contributed by atoms with E-state index in [4.69, 9.17) is 9.16 Å². The molecule has 29 heavy (non-hydrogen) atoms. The van der Waals surface area contributed by atoms with Crippen molar-refractivity contribution in [3.63, 3.8) is 0 Å². The Balaban J connectivity index is 2.05. The van der Waals surface area contributed by atoms with E-state index in [1.807, 2.05) is 24.3 Å². The predicted molar refractivity (Wildman–Crippen MR) is 122 cm³/mol. The van der Waals surface area contributed by atoms with Crippen molar-refractivity contribution in [2.75, 3.05) is 7.11 Å². The molecule has 0 amide bonds. The fraction of sp³-hybridized carbons (Fsp3) is 0.320. The average Bonchev–Trinajstić information content (AvgIpc) is 2.69. The maximum atomic E-state index is 11.4. The first-order valence-corrected chi connectivity index (χ1v) is 12.6. The summed E-state index contributed by atoms with van der Waals surface area (Å²) >= 11 is 0. The minimum absolute atomic E-state index is 0.0590. The van der Waals surface area contributed by atoms with E-state index in [1.54, 1.807) is 12.1 Å². The third-order valence-electron chi connectivity index (χ3n) is 4.32. The van der Waals surface area contributed by atoms with Gasteiger partial charge < -0.3 is 9.16 Å². The first-order chi connectivity index (χ1) is 13.7. The predicted octanol–water partition coefficient (Wildman–Crippen LogP) is 5.63. The van der Waals surface area contributed by atoms with Gasteiger partial charge in [-0.1, -0.05) is 56.9 Å². The van der Waals surface area contributed by atoms with Crippen LogP contribution in [0.2, 0.25) is 13.1 Å². The van der Waals surface area contributed by atoms with Gasteiger partial charge >= 0.3 is 5.97 Å². The molecule has 1 unspecified atom stereocenters. The van der Waals surface area contributed by atoms with Gasteiger partial charge in [0, 0.05) is 5.56 Å². The Morgan fingerprint density at radius 1 is 1.03 bits per heavy atom. The monoisotopic (exact) mass is 406 g/mol. The van der Waals surface area contributed by atoms with Gasteiger partial charge in [-0.15, -0.1) is 0 Å². The molecular weight excluding hydrogens is 376 g/mol. The highest BCUT2D eigenvalue weighted by molar-refractivity contribution is 6.48. The summed E-state index contributed by atoms with van der Waals surface area (Å²) in [5, 5.41) is 0. The number of esters is 1. The van der Waals surface area contributed by atoms with E-state index < -0.39 is 9.04 Å². The summed E-state index contributed by atoms with van der Waals surface area (Å²) in [6, 6.07) is 15.5. The molecule has 4 heteroatoms. The molecule has 0 heterocycles. The van der Waals surface area contributed by atoms with Gasteiger partial charge in [0.15, 0.2) is 9.04 Å². The number of benzene rings is 2. The molecule has 0 fully saturated rings. The molecule has 152 valence electrons. The number of hydrogen-bond acceptors (Lipinski definition) is 3. The van der Waals surface area contributed by atoms with Gasteiger partial charge in [0.1, 0.15) is 0 Å². The average molecular weight is 407 g/mol. The standard InChI is InChI=1S/C25H30O3Si/c1-25(2,3)23(28-29(5)6)21-15-11-19(12-16-21)9-7-8-10-20-13-17-22(18-14-20)24(26)27-4/h7,9,11-18,23,29H,1-6H3. The smallest absolute Gasteiger partial charge is 0.337 e. The normalized spacial score (nSPS) is 12.5. The summed E-state index contributed by atoms with van der Waals surface area (Å²) < 4.78 is 11.0. The molecule has 0 aliphatic rings. The molecule has 0 radical (unpaired) electrons. The van der Waals surface area contributed by atoms with Crippen LogP contribution in [0, 0.1) is 17.3 Å². The zero-order chi connectivity index (χ0) is 21.4. The van der Waals surface area contributed by atoms with Crippen LogP contribution in [0.5, 0.6) is 0 Å². The quantitative estimate of drug-likeness (QED) is 0.367. The fourth-order valence-electron chi connectivity index (χ4n) is 2.91. The highest BCUT2D eigenvalue weighted by atomic mass is 28.3. The van der Waals surface area contributed by atoms with Gasteiger partial charge in [0.05, 0.1) is 18.8 Å². The van der Waals surface area contributed by atoms with Crippen molar-refractivity contribution in [1.29, 1.82) is 0 Å². The van der Waals surface area contributed by atoms with Crippen molar-refractivity contribution in [3.8, 4) is 11.8 Å². The molecule has 0 spiro atoms. The molecule has 2 aromatic carbocycles. The Hall–Kier alpha value is -2.61. The van der Waals surface area contributed by atoms with Gasteiger partial charge in [-0.05, 0) is 66.1 Å². The second-order valence-corrected chi connectivity index (χ2v) is 10.6. The summed E-state index contributed by atoms with van der Waals surface area (Å²) in [6.07, 6.45) is 3.94. The number of ether oxygens (including phenoxy) is 1. The number of allylic oxidation sites excluding steroid dienone is 1. The van der Waals surface area contributed by atoms with E-state index in [1.165, 1.54) is 12.7 Å². The molecule has 0 bridgehead atoms. The van der Waals surface area contributed by atoms with Crippen LogP contribution >= 0.6 is 0 Å². The molecular formula is C25H30O3Si. The molecule has 0 N–H and O–H groups in total. The first kappa shape index (κ1) is 22.7. The van der Waals surface area contributed by atoms with Crippen molar-refractivity contribution in [2.24, 2.45) is 5.41 Å². The van der Waals surface area contributed by atoms with Crippen LogP contribution in [0.15, 0.2) is 54.6 Å². The highest BCUT2D eigenvalue weighted by Crippen LogP contribution is 2.36. The molecule has 2 aromatic rings. The second kappa shape index (κ2) is 10.2. The second-order valence-electron chi connectivity index (χ2n) is 8.27. The molecule has 1 atom stereocenters. The lowest BCUT2D eigenvalue weighted by Crippen LogP contribution is -2.25. The molecule has 2 rings (SSSR count). The van der Waals surface area contributed by atoms with Gasteiger partial charge in [-0.2, -0.15) is 0 Å². The van der Waals surface area contributed by atoms with Crippen molar-refractivity contribution in [3.05, 3.63) is 76.9 Å². The topological polar surface area (TPSA) is 35.5 Å². The van der Waals surface area contributed by atoms with Crippen molar-refractivity contribution in [2.45, 2.75) is 40.0 Å². The first-order valence-electron chi connectivity index (χ1n) is 9.82. The maximum Gasteiger partial charge on any atom is 0.337 e. The van der Waals surface area contributed by atoms with E-state index in [9.17, 15) is 4.79 Å². The number of carbonyl (C=O) groups is 1. The lowest BCUT2D eigenvalue weighted by molar-refractivity contribution is 0.0600. The molecule has 0 aliphatic carbocycles. The summed E-state index contributed by atoms with van der Waals surface area (Å²) in [5.41, 5.74) is 3.74. The van der Waals surface area contributed by atoms with Crippen molar-refractivity contribution >= 4 is 21.1 Å². The fourth-order valence-corrected chi connectivity index (χ4v) is 4.02. The molecule has 0 saturated carbocycles. The Labute approximate surface area is 176 Å². The third kappa shape index (κ3) is 7.05. The lowest BCUT2D eigenvalue weighted by atomic mass is 9.84. The Morgan fingerprint density at radius 2 is 1.66 bits per heavy atom. The zero-order valence-corrected chi connectivity index (χ0v) is 19.3. The van der Waals surface area contributed by atoms with E-state index in [2.05, 4.69) is 70.0 Å². The van der Waals surface area contributed by atoms with Gasteiger partial charge in [-0.3, -0.25) is 0 Å². The van der Waals surface area contributed by atoms with E-state index in [0.29, 0.717) is 5.56 Å². The largest absolute Gasteiger partial charge is 0.465 e. The van der Waals surface area contributed by atoms with E-state index >= 15 is 0 Å². The number of methoxy groups -OCH3 is 1. The Bertz CT molecular complexity index is 892. The summed E-state index contributed by atoms with van der Waals surface area (Å²) in [7, 11) is 0.239. The number of rotatable bonds is 5. The van der Waals surface area contributed by atoms with Crippen molar-refractivity contribution in [1.82, 2.24) is 0 Å². The van der Waals surface area contributed by atoms with Gasteiger partial charge in [0.25, 0.3) is 0 Å². The number of carbonyl (C=O) groups excluding carboxylic acids is 1. The van der Waals surface area contributed by atoms with Crippen LogP contribution in [-0.2, 0) is 9.16 Å². The SMILES string of the molecule is COC(=O)c1ccc(C#CC=Cc2ccc(C(O[SiH](C)C)C(C)(C)C)cc2)cc1. The minimum Gasteiger partial charge on any atom is -0.465 e. The Morgan fingerprint density at radius 3 is 2.17 bits per heavy atom. The van der Waals surface area contributed by atoms with Gasteiger partial charge in [-0.25, -0.2) is 4.79 Å². The summed E-state index contributed by atoms with van der Waals surface area (Å²) in [4.78, 5) is 11.4. The van der Waals surface area contributed by atoms with Crippen LogP contribution in [0.3, 0.4) is 0 Å².